The molecular formula is C20H23N5O. The maximum atomic E-state index is 9.74. The number of piperidine rings is 1. The van der Waals surface area contributed by atoms with Crippen LogP contribution in [-0.2, 0) is 11.8 Å². The second-order valence-electron chi connectivity index (χ2n) is 7.14. The van der Waals surface area contributed by atoms with E-state index in [1.165, 1.54) is 5.56 Å². The van der Waals surface area contributed by atoms with Crippen molar-refractivity contribution in [3.63, 3.8) is 0 Å². The van der Waals surface area contributed by atoms with E-state index < -0.39 is 0 Å². The number of hydrogen-bond donors (Lipinski definition) is 2. The lowest BCUT2D eigenvalue weighted by Crippen LogP contribution is -2.46. The van der Waals surface area contributed by atoms with E-state index in [0.717, 1.165) is 50.2 Å². The first-order valence-corrected chi connectivity index (χ1v) is 9.04. The van der Waals surface area contributed by atoms with Crippen molar-refractivity contribution in [2.45, 2.75) is 31.6 Å². The first-order chi connectivity index (χ1) is 12.6. The van der Waals surface area contributed by atoms with Crippen molar-refractivity contribution in [2.24, 2.45) is 5.73 Å². The molecule has 3 heterocycles. The number of ether oxygens (including phenoxy) is 1. The molecule has 2 aliphatic rings. The summed E-state index contributed by atoms with van der Waals surface area (Å²) in [6, 6.07) is 12.9. The smallest absolute Gasteiger partial charge is 0.244 e. The van der Waals surface area contributed by atoms with Gasteiger partial charge in [0.25, 0.3) is 0 Å². The molecule has 0 bridgehead atoms. The van der Waals surface area contributed by atoms with Gasteiger partial charge in [0.15, 0.2) is 0 Å². The number of rotatable bonds is 3. The summed E-state index contributed by atoms with van der Waals surface area (Å²) >= 11 is 0. The molecule has 0 unspecified atom stereocenters. The van der Waals surface area contributed by atoms with E-state index >= 15 is 0 Å². The second-order valence-corrected chi connectivity index (χ2v) is 7.14. The standard InChI is InChI=1S/C20H23N5O/c1-14-17-19(24-23-14)26-18(22)16(13-21)20(17)8-11-25(12-9-20)10-7-15-5-3-2-4-6-15/h2-6H,7-12,22H2,1H3,(H,23,24). The second kappa shape index (κ2) is 6.50. The number of H-pyrrole nitrogens is 1. The third kappa shape index (κ3) is 2.65. The Hall–Kier alpha value is -2.78. The Morgan fingerprint density at radius 1 is 1.31 bits per heavy atom. The quantitative estimate of drug-likeness (QED) is 0.888. The highest BCUT2D eigenvalue weighted by atomic mass is 16.5. The number of aromatic nitrogens is 2. The molecule has 0 amide bonds. The van der Waals surface area contributed by atoms with Crippen LogP contribution in [0.15, 0.2) is 41.8 Å². The molecule has 0 atom stereocenters. The van der Waals surface area contributed by atoms with E-state index in [9.17, 15) is 5.26 Å². The molecule has 3 N–H and O–H groups in total. The lowest BCUT2D eigenvalue weighted by molar-refractivity contribution is 0.170. The monoisotopic (exact) mass is 349 g/mol. The molecule has 4 rings (SSSR count). The van der Waals surface area contributed by atoms with E-state index in [1.54, 1.807) is 0 Å². The Kier molecular flexibility index (Phi) is 4.17. The van der Waals surface area contributed by atoms with Gasteiger partial charge in [0.1, 0.15) is 11.6 Å². The molecule has 1 saturated heterocycles. The molecule has 26 heavy (non-hydrogen) atoms. The average Bonchev–Trinajstić information content (AvgIpc) is 3.03. The molecule has 1 aromatic heterocycles. The molecular weight excluding hydrogens is 326 g/mol. The summed E-state index contributed by atoms with van der Waals surface area (Å²) in [5.74, 6) is 0.723. The van der Waals surface area contributed by atoms with Crippen LogP contribution in [0.5, 0.6) is 5.88 Å². The lowest BCUT2D eigenvalue weighted by atomic mass is 9.67. The number of benzene rings is 1. The summed E-state index contributed by atoms with van der Waals surface area (Å²) in [6.07, 6.45) is 2.74. The van der Waals surface area contributed by atoms with Crippen LogP contribution in [0.25, 0.3) is 0 Å². The Morgan fingerprint density at radius 3 is 2.73 bits per heavy atom. The highest BCUT2D eigenvalue weighted by Crippen LogP contribution is 2.49. The van der Waals surface area contributed by atoms with Crippen molar-refractivity contribution in [2.75, 3.05) is 19.6 Å². The summed E-state index contributed by atoms with van der Waals surface area (Å²) < 4.78 is 5.59. The van der Waals surface area contributed by atoms with Crippen LogP contribution >= 0.6 is 0 Å². The number of hydrogen-bond acceptors (Lipinski definition) is 5. The minimum absolute atomic E-state index is 0.198. The predicted octanol–water partition coefficient (Wildman–Crippen LogP) is 2.38. The van der Waals surface area contributed by atoms with Crippen LogP contribution in [-0.4, -0.2) is 34.7 Å². The molecule has 2 aromatic rings. The van der Waals surface area contributed by atoms with Crippen LogP contribution in [0.1, 0.15) is 29.7 Å². The zero-order chi connectivity index (χ0) is 18.1. The van der Waals surface area contributed by atoms with Crippen LogP contribution in [0.2, 0.25) is 0 Å². The van der Waals surface area contributed by atoms with Gasteiger partial charge in [-0.2, -0.15) is 5.26 Å². The molecule has 6 heteroatoms. The van der Waals surface area contributed by atoms with Gasteiger partial charge in [-0.05, 0) is 44.8 Å². The Balaban J connectivity index is 1.53. The Morgan fingerprint density at radius 2 is 2.04 bits per heavy atom. The highest BCUT2D eigenvalue weighted by molar-refractivity contribution is 5.54. The first-order valence-electron chi connectivity index (χ1n) is 9.04. The van der Waals surface area contributed by atoms with Gasteiger partial charge in [-0.15, -0.1) is 5.10 Å². The zero-order valence-corrected chi connectivity index (χ0v) is 15.0. The molecule has 0 aliphatic carbocycles. The van der Waals surface area contributed by atoms with Crippen LogP contribution in [0.4, 0.5) is 0 Å². The van der Waals surface area contributed by atoms with Gasteiger partial charge >= 0.3 is 0 Å². The van der Waals surface area contributed by atoms with Crippen molar-refractivity contribution in [1.82, 2.24) is 15.1 Å². The van der Waals surface area contributed by atoms with Crippen LogP contribution in [0, 0.1) is 18.3 Å². The number of nitriles is 1. The third-order valence-electron chi connectivity index (χ3n) is 5.71. The maximum absolute atomic E-state index is 9.74. The Bertz CT molecular complexity index is 869. The minimum Gasteiger partial charge on any atom is -0.420 e. The van der Waals surface area contributed by atoms with E-state index in [1.807, 2.05) is 13.0 Å². The van der Waals surface area contributed by atoms with E-state index in [4.69, 9.17) is 10.5 Å². The van der Waals surface area contributed by atoms with Crippen LogP contribution in [0.3, 0.4) is 0 Å². The summed E-state index contributed by atoms with van der Waals surface area (Å²) in [7, 11) is 0. The zero-order valence-electron chi connectivity index (χ0n) is 15.0. The number of likely N-dealkylation sites (tertiary alicyclic amines) is 1. The largest absolute Gasteiger partial charge is 0.420 e. The van der Waals surface area contributed by atoms with Crippen molar-refractivity contribution >= 4 is 0 Å². The van der Waals surface area contributed by atoms with Gasteiger partial charge in [0, 0.05) is 23.2 Å². The molecule has 2 aliphatic heterocycles. The van der Waals surface area contributed by atoms with E-state index in [0.29, 0.717) is 11.5 Å². The number of nitrogens with one attached hydrogen (secondary N) is 1. The van der Waals surface area contributed by atoms with Crippen molar-refractivity contribution in [1.29, 1.82) is 5.26 Å². The maximum Gasteiger partial charge on any atom is 0.244 e. The average molecular weight is 349 g/mol. The molecule has 1 aromatic carbocycles. The fraction of sp³-hybridized carbons (Fsp3) is 0.400. The van der Waals surface area contributed by atoms with Crippen molar-refractivity contribution in [3.05, 3.63) is 58.6 Å². The predicted molar refractivity (Wildman–Crippen MR) is 98.3 cm³/mol. The first kappa shape index (κ1) is 16.7. The fourth-order valence-corrected chi connectivity index (χ4v) is 4.31. The minimum atomic E-state index is -0.382. The summed E-state index contributed by atoms with van der Waals surface area (Å²) in [4.78, 5) is 2.47. The number of nitrogens with zero attached hydrogens (tertiary/aromatic N) is 3. The fourth-order valence-electron chi connectivity index (χ4n) is 4.31. The topological polar surface area (TPSA) is 91.0 Å². The summed E-state index contributed by atoms with van der Waals surface area (Å²) in [6.45, 7) is 4.86. The SMILES string of the molecule is Cc1[nH]nc2c1C1(CCN(CCc3ccccc3)CC1)C(C#N)=C(N)O2. The normalized spacial score (nSPS) is 19.1. The third-order valence-corrected chi connectivity index (χ3v) is 5.71. The van der Waals surface area contributed by atoms with Crippen molar-refractivity contribution < 1.29 is 4.74 Å². The van der Waals surface area contributed by atoms with Gasteiger partial charge in [-0.25, -0.2) is 0 Å². The van der Waals surface area contributed by atoms with Gasteiger partial charge < -0.3 is 15.4 Å². The van der Waals surface area contributed by atoms with Crippen molar-refractivity contribution in [3.8, 4) is 11.9 Å². The molecule has 1 spiro atoms. The molecule has 134 valence electrons. The van der Waals surface area contributed by atoms with E-state index in [2.05, 4.69) is 45.4 Å². The van der Waals surface area contributed by atoms with Gasteiger partial charge in [-0.1, -0.05) is 30.3 Å². The molecule has 1 fully saturated rings. The van der Waals surface area contributed by atoms with Gasteiger partial charge in [0.2, 0.25) is 11.8 Å². The lowest BCUT2D eigenvalue weighted by Gasteiger charge is -2.43. The summed E-state index contributed by atoms with van der Waals surface area (Å²) in [5, 5.41) is 17.0. The number of allylic oxidation sites excluding steroid dienone is 1. The molecule has 0 saturated carbocycles. The van der Waals surface area contributed by atoms with Crippen LogP contribution < -0.4 is 10.5 Å². The molecule has 0 radical (unpaired) electrons. The number of nitrogens with two attached hydrogens (primary N) is 1. The van der Waals surface area contributed by atoms with Gasteiger partial charge in [0.05, 0.1) is 0 Å². The number of fused-ring (bicyclic) bond motifs is 2. The van der Waals surface area contributed by atoms with Gasteiger partial charge in [-0.3, -0.25) is 5.10 Å². The summed E-state index contributed by atoms with van der Waals surface area (Å²) in [5.41, 5.74) is 9.54. The van der Waals surface area contributed by atoms with E-state index in [-0.39, 0.29) is 11.3 Å². The highest BCUT2D eigenvalue weighted by Gasteiger charge is 2.48. The Labute approximate surface area is 153 Å². The number of aryl methyl sites for hydroxylation is 1. The number of aromatic amines is 1. The molecule has 6 nitrogen and oxygen atoms in total.